The van der Waals surface area contributed by atoms with Gasteiger partial charge in [-0.05, 0) is 23.3 Å². The molecule has 74 valence electrons. The molecule has 0 radical (unpaired) electrons. The third-order valence-electron chi connectivity index (χ3n) is 2.25. The Labute approximate surface area is 79.3 Å². The van der Waals surface area contributed by atoms with E-state index in [0.29, 0.717) is 6.04 Å². The van der Waals surface area contributed by atoms with Gasteiger partial charge in [0.25, 0.3) is 0 Å². The summed E-state index contributed by atoms with van der Waals surface area (Å²) in [5, 5.41) is 11.3. The van der Waals surface area contributed by atoms with E-state index in [1.54, 1.807) is 6.33 Å². The van der Waals surface area contributed by atoms with Crippen LogP contribution in [0.25, 0.3) is 0 Å². The van der Waals surface area contributed by atoms with E-state index < -0.39 is 0 Å². The molecule has 4 nitrogen and oxygen atoms in total. The minimum absolute atomic E-state index is 0.500. The molecule has 13 heavy (non-hydrogen) atoms. The fourth-order valence-corrected chi connectivity index (χ4v) is 1.52. The molecule has 0 aliphatic rings. The van der Waals surface area contributed by atoms with E-state index in [1.807, 2.05) is 4.68 Å². The summed E-state index contributed by atoms with van der Waals surface area (Å²) < 4.78 is 1.89. The molecule has 0 spiro atoms. The lowest BCUT2D eigenvalue weighted by molar-refractivity contribution is 0.376. The minimum Gasteiger partial charge on any atom is -0.229 e. The Morgan fingerprint density at radius 2 is 2.08 bits per heavy atom. The van der Waals surface area contributed by atoms with Gasteiger partial charge in [-0.15, -0.1) is 5.10 Å². The average molecular weight is 182 g/mol. The molecule has 0 aromatic carbocycles. The Hall–Kier alpha value is -0.930. The Balaban J connectivity index is 2.47. The molecular formula is C9H18N4. The molecule has 0 saturated heterocycles. The standard InChI is InChI=1S/C9H18N4/c1-3-5-7-9(6-4-2)13-8-10-11-12-13/h8-9H,3-7H2,1-2H3. The molecule has 1 rings (SSSR count). The second-order valence-electron chi connectivity index (χ2n) is 3.37. The van der Waals surface area contributed by atoms with Gasteiger partial charge in [0.2, 0.25) is 0 Å². The molecule has 1 aromatic heterocycles. The molecule has 0 saturated carbocycles. The lowest BCUT2D eigenvalue weighted by Gasteiger charge is -2.14. The third-order valence-corrected chi connectivity index (χ3v) is 2.25. The molecule has 1 unspecified atom stereocenters. The topological polar surface area (TPSA) is 43.6 Å². The highest BCUT2D eigenvalue weighted by molar-refractivity contribution is 4.64. The highest BCUT2D eigenvalue weighted by Crippen LogP contribution is 2.18. The minimum atomic E-state index is 0.500. The third kappa shape index (κ3) is 3.13. The first-order valence-electron chi connectivity index (χ1n) is 5.11. The van der Waals surface area contributed by atoms with Crippen molar-refractivity contribution in [1.29, 1.82) is 0 Å². The first kappa shape index (κ1) is 10.2. The molecule has 0 bridgehead atoms. The number of unbranched alkanes of at least 4 members (excludes halogenated alkanes) is 1. The van der Waals surface area contributed by atoms with Crippen LogP contribution in [0, 0.1) is 0 Å². The summed E-state index contributed by atoms with van der Waals surface area (Å²) in [6, 6.07) is 0.500. The van der Waals surface area contributed by atoms with Gasteiger partial charge < -0.3 is 0 Å². The maximum Gasteiger partial charge on any atom is 0.138 e. The first-order chi connectivity index (χ1) is 6.38. The molecule has 0 aliphatic carbocycles. The number of hydrogen-bond acceptors (Lipinski definition) is 3. The first-order valence-corrected chi connectivity index (χ1v) is 5.11. The van der Waals surface area contributed by atoms with Crippen LogP contribution in [0.4, 0.5) is 0 Å². The van der Waals surface area contributed by atoms with E-state index in [1.165, 1.54) is 32.1 Å². The van der Waals surface area contributed by atoms with Gasteiger partial charge in [-0.2, -0.15) is 0 Å². The van der Waals surface area contributed by atoms with Crippen molar-refractivity contribution in [2.24, 2.45) is 0 Å². The normalized spacial score (nSPS) is 13.1. The van der Waals surface area contributed by atoms with Gasteiger partial charge in [0.15, 0.2) is 0 Å². The monoisotopic (exact) mass is 182 g/mol. The van der Waals surface area contributed by atoms with Crippen molar-refractivity contribution in [3.8, 4) is 0 Å². The van der Waals surface area contributed by atoms with E-state index in [2.05, 4.69) is 29.4 Å². The number of tetrazole rings is 1. The molecule has 0 aliphatic heterocycles. The van der Waals surface area contributed by atoms with E-state index in [9.17, 15) is 0 Å². The number of aromatic nitrogens is 4. The molecule has 1 aromatic rings. The summed E-state index contributed by atoms with van der Waals surface area (Å²) >= 11 is 0. The highest BCUT2D eigenvalue weighted by Gasteiger charge is 2.09. The lowest BCUT2D eigenvalue weighted by atomic mass is 10.1. The van der Waals surface area contributed by atoms with Crippen LogP contribution >= 0.6 is 0 Å². The highest BCUT2D eigenvalue weighted by atomic mass is 15.5. The summed E-state index contributed by atoms with van der Waals surface area (Å²) in [6.45, 7) is 4.41. The van der Waals surface area contributed by atoms with Crippen LogP contribution in [0.15, 0.2) is 6.33 Å². The Morgan fingerprint density at radius 3 is 2.62 bits per heavy atom. The average Bonchev–Trinajstić information content (AvgIpc) is 2.65. The van der Waals surface area contributed by atoms with Crippen molar-refractivity contribution in [3.63, 3.8) is 0 Å². The molecule has 0 N–H and O–H groups in total. The Kier molecular flexibility index (Phi) is 4.43. The molecule has 4 heteroatoms. The molecule has 0 amide bonds. The van der Waals surface area contributed by atoms with E-state index in [0.717, 1.165) is 0 Å². The lowest BCUT2D eigenvalue weighted by Crippen LogP contribution is -2.09. The van der Waals surface area contributed by atoms with Crippen molar-refractivity contribution in [3.05, 3.63) is 6.33 Å². The van der Waals surface area contributed by atoms with E-state index in [-0.39, 0.29) is 0 Å². The SMILES string of the molecule is CCCCC(CCC)n1cnnn1. The predicted octanol–water partition coefficient (Wildman–Crippen LogP) is 2.20. The zero-order chi connectivity index (χ0) is 9.52. The van der Waals surface area contributed by atoms with Crippen LogP contribution in [-0.4, -0.2) is 20.2 Å². The van der Waals surface area contributed by atoms with Gasteiger partial charge in [-0.25, -0.2) is 4.68 Å². The zero-order valence-corrected chi connectivity index (χ0v) is 8.48. The van der Waals surface area contributed by atoms with Gasteiger partial charge >= 0.3 is 0 Å². The van der Waals surface area contributed by atoms with E-state index >= 15 is 0 Å². The maximum absolute atomic E-state index is 3.94. The van der Waals surface area contributed by atoms with Crippen LogP contribution in [0.1, 0.15) is 52.0 Å². The fraction of sp³-hybridized carbons (Fsp3) is 0.889. The zero-order valence-electron chi connectivity index (χ0n) is 8.48. The van der Waals surface area contributed by atoms with Crippen LogP contribution in [0.2, 0.25) is 0 Å². The van der Waals surface area contributed by atoms with Crippen molar-refractivity contribution in [2.45, 2.75) is 52.0 Å². The quantitative estimate of drug-likeness (QED) is 0.677. The number of nitrogens with zero attached hydrogens (tertiary/aromatic N) is 4. The summed E-state index contributed by atoms with van der Waals surface area (Å²) in [7, 11) is 0. The largest absolute Gasteiger partial charge is 0.229 e. The van der Waals surface area contributed by atoms with Gasteiger partial charge in [0.1, 0.15) is 6.33 Å². The number of hydrogen-bond donors (Lipinski definition) is 0. The van der Waals surface area contributed by atoms with Crippen LogP contribution in [-0.2, 0) is 0 Å². The Bertz CT molecular complexity index is 207. The van der Waals surface area contributed by atoms with Crippen molar-refractivity contribution < 1.29 is 0 Å². The smallest absolute Gasteiger partial charge is 0.138 e. The Morgan fingerprint density at radius 1 is 1.23 bits per heavy atom. The van der Waals surface area contributed by atoms with Gasteiger partial charge in [0, 0.05) is 0 Å². The summed E-state index contributed by atoms with van der Waals surface area (Å²) in [6.07, 6.45) is 7.76. The van der Waals surface area contributed by atoms with E-state index in [4.69, 9.17) is 0 Å². The summed E-state index contributed by atoms with van der Waals surface area (Å²) in [5.41, 5.74) is 0. The molecule has 0 fully saturated rings. The fourth-order valence-electron chi connectivity index (χ4n) is 1.52. The van der Waals surface area contributed by atoms with Gasteiger partial charge in [0.05, 0.1) is 6.04 Å². The van der Waals surface area contributed by atoms with Crippen molar-refractivity contribution >= 4 is 0 Å². The second-order valence-corrected chi connectivity index (χ2v) is 3.37. The van der Waals surface area contributed by atoms with Crippen molar-refractivity contribution in [2.75, 3.05) is 0 Å². The van der Waals surface area contributed by atoms with Crippen molar-refractivity contribution in [1.82, 2.24) is 20.2 Å². The summed E-state index contributed by atoms with van der Waals surface area (Å²) in [5.74, 6) is 0. The molecule has 1 heterocycles. The second kappa shape index (κ2) is 5.67. The van der Waals surface area contributed by atoms with Crippen LogP contribution in [0.5, 0.6) is 0 Å². The summed E-state index contributed by atoms with van der Waals surface area (Å²) in [4.78, 5) is 0. The molecule has 1 atom stereocenters. The van der Waals surface area contributed by atoms with Gasteiger partial charge in [-0.1, -0.05) is 33.1 Å². The number of rotatable bonds is 6. The maximum atomic E-state index is 3.94. The van der Waals surface area contributed by atoms with Crippen LogP contribution < -0.4 is 0 Å². The van der Waals surface area contributed by atoms with Crippen LogP contribution in [0.3, 0.4) is 0 Å². The van der Waals surface area contributed by atoms with Gasteiger partial charge in [-0.3, -0.25) is 0 Å². The predicted molar refractivity (Wildman–Crippen MR) is 51.3 cm³/mol. The molecular weight excluding hydrogens is 164 g/mol.